The molecule has 1 unspecified atom stereocenters. The summed E-state index contributed by atoms with van der Waals surface area (Å²) in [5, 5.41) is 10.2. The van der Waals surface area contributed by atoms with E-state index in [1.54, 1.807) is 0 Å². The Morgan fingerprint density at radius 3 is 2.80 bits per heavy atom. The highest BCUT2D eigenvalue weighted by Gasteiger charge is 2.41. The Bertz CT molecular complexity index is 539. The van der Waals surface area contributed by atoms with Gasteiger partial charge in [-0.05, 0) is 11.4 Å². The van der Waals surface area contributed by atoms with Gasteiger partial charge in [-0.1, -0.05) is 0 Å². The molecule has 1 aliphatic heterocycles. The van der Waals surface area contributed by atoms with Crippen molar-refractivity contribution in [1.29, 1.82) is 0 Å². The third-order valence-electron chi connectivity index (χ3n) is 2.18. The van der Waals surface area contributed by atoms with E-state index in [4.69, 9.17) is 5.11 Å². The van der Waals surface area contributed by atoms with E-state index in [1.165, 1.54) is 11.4 Å². The second-order valence-corrected chi connectivity index (χ2v) is 6.30. The second-order valence-electron chi connectivity index (χ2n) is 3.16. The van der Waals surface area contributed by atoms with E-state index in [0.29, 0.717) is 0 Å². The Kier molecular flexibility index (Phi) is 2.16. The molecule has 0 amide bonds. The summed E-state index contributed by atoms with van der Waals surface area (Å²) in [7, 11) is -3.61. The molecule has 1 N–H and O–H groups in total. The molecule has 0 bridgehead atoms. The van der Waals surface area contributed by atoms with Crippen molar-refractivity contribution in [2.24, 2.45) is 5.92 Å². The number of hydrogen-bond donors (Lipinski definition) is 1. The van der Waals surface area contributed by atoms with Crippen molar-refractivity contribution < 1.29 is 23.1 Å². The molecule has 0 radical (unpaired) electrons. The van der Waals surface area contributed by atoms with Gasteiger partial charge in [-0.25, -0.2) is 8.42 Å². The minimum Gasteiger partial charge on any atom is -0.481 e. The lowest BCUT2D eigenvalue weighted by molar-refractivity contribution is -0.139. The van der Waals surface area contributed by atoms with E-state index in [1.807, 2.05) is 0 Å². The van der Waals surface area contributed by atoms with Crippen LogP contribution in [0, 0.1) is 5.92 Å². The van der Waals surface area contributed by atoms with Crippen molar-refractivity contribution in [3.05, 3.63) is 17.0 Å². The molecule has 1 aromatic heterocycles. The Balaban J connectivity index is 2.63. The number of hydrogen-bond acceptors (Lipinski definition) is 5. The van der Waals surface area contributed by atoms with Crippen LogP contribution in [0.3, 0.4) is 0 Å². The van der Waals surface area contributed by atoms with Crippen molar-refractivity contribution in [1.82, 2.24) is 0 Å². The number of Topliss-reactive ketones (excluding diaryl/α,β-unsaturated/α-hetero) is 1. The summed E-state index contributed by atoms with van der Waals surface area (Å²) >= 11 is 0.948. The summed E-state index contributed by atoms with van der Waals surface area (Å²) in [4.78, 5) is 22.3. The van der Waals surface area contributed by atoms with Crippen LogP contribution in [0.15, 0.2) is 15.7 Å². The molecule has 7 heteroatoms. The van der Waals surface area contributed by atoms with E-state index >= 15 is 0 Å². The Hall–Kier alpha value is -1.21. The topological polar surface area (TPSA) is 88.5 Å². The van der Waals surface area contributed by atoms with E-state index < -0.39 is 33.3 Å². The third kappa shape index (κ3) is 1.47. The Morgan fingerprint density at radius 2 is 2.20 bits per heavy atom. The van der Waals surface area contributed by atoms with Crippen molar-refractivity contribution in [2.45, 2.75) is 4.21 Å². The average molecular weight is 246 g/mol. The molecular formula is C8H6O5S2. The molecule has 0 fully saturated rings. The number of sulfone groups is 1. The summed E-state index contributed by atoms with van der Waals surface area (Å²) in [6.07, 6.45) is 0. The molecular weight excluding hydrogens is 240 g/mol. The first-order valence-electron chi connectivity index (χ1n) is 4.01. The molecule has 0 aliphatic carbocycles. The van der Waals surface area contributed by atoms with Crippen molar-refractivity contribution in [2.75, 3.05) is 5.75 Å². The predicted molar refractivity (Wildman–Crippen MR) is 51.8 cm³/mol. The van der Waals surface area contributed by atoms with Crippen LogP contribution in [0.5, 0.6) is 0 Å². The number of aliphatic carboxylic acids is 1. The van der Waals surface area contributed by atoms with Crippen molar-refractivity contribution >= 4 is 32.9 Å². The minimum absolute atomic E-state index is 0.00926. The van der Waals surface area contributed by atoms with Gasteiger partial charge in [-0.15, -0.1) is 11.3 Å². The predicted octanol–water partition coefficient (Wildman–Crippen LogP) is 0.419. The van der Waals surface area contributed by atoms with Gasteiger partial charge in [0.25, 0.3) is 0 Å². The van der Waals surface area contributed by atoms with Gasteiger partial charge in [-0.2, -0.15) is 0 Å². The van der Waals surface area contributed by atoms with Crippen LogP contribution in [0.4, 0.5) is 0 Å². The van der Waals surface area contributed by atoms with Gasteiger partial charge in [0, 0.05) is 5.56 Å². The van der Waals surface area contributed by atoms with E-state index in [2.05, 4.69) is 0 Å². The van der Waals surface area contributed by atoms with Crippen LogP contribution >= 0.6 is 11.3 Å². The molecule has 5 nitrogen and oxygen atoms in total. The number of rotatable bonds is 1. The van der Waals surface area contributed by atoms with Crippen LogP contribution in [0.1, 0.15) is 10.4 Å². The SMILES string of the molecule is O=C(O)C1CS(=O)(=O)c2sccc2C1=O. The fourth-order valence-electron chi connectivity index (χ4n) is 1.46. The van der Waals surface area contributed by atoms with Crippen molar-refractivity contribution in [3.8, 4) is 0 Å². The van der Waals surface area contributed by atoms with Gasteiger partial charge in [-0.3, -0.25) is 9.59 Å². The average Bonchev–Trinajstić information content (AvgIpc) is 2.60. The highest BCUT2D eigenvalue weighted by atomic mass is 32.2. The number of fused-ring (bicyclic) bond motifs is 1. The Morgan fingerprint density at radius 1 is 1.53 bits per heavy atom. The van der Waals surface area contributed by atoms with Crippen LogP contribution < -0.4 is 0 Å². The van der Waals surface area contributed by atoms with Gasteiger partial charge >= 0.3 is 5.97 Å². The molecule has 0 saturated carbocycles. The molecule has 2 rings (SSSR count). The molecule has 1 aliphatic rings. The number of carbonyl (C=O) groups excluding carboxylic acids is 1. The minimum atomic E-state index is -3.61. The maximum atomic E-state index is 11.6. The van der Waals surface area contributed by atoms with Crippen molar-refractivity contribution in [3.63, 3.8) is 0 Å². The van der Waals surface area contributed by atoms with Gasteiger partial charge < -0.3 is 5.11 Å². The molecule has 0 spiro atoms. The van der Waals surface area contributed by atoms with Gasteiger partial charge in [0.15, 0.2) is 15.6 Å². The summed E-state index contributed by atoms with van der Waals surface area (Å²) in [5.41, 5.74) is 0.0126. The summed E-state index contributed by atoms with van der Waals surface area (Å²) in [6, 6.07) is 1.36. The molecule has 1 atom stereocenters. The standard InChI is InChI=1S/C8H6O5S2/c9-6-4-1-2-14-8(4)15(12,13)3-5(6)7(10)11/h1-2,5H,3H2,(H,10,11). The fraction of sp³-hybridized carbons (Fsp3) is 0.250. The van der Waals surface area contributed by atoms with Crippen LogP contribution in [-0.2, 0) is 14.6 Å². The normalized spacial score (nSPS) is 23.5. The monoisotopic (exact) mass is 246 g/mol. The third-order valence-corrected chi connectivity index (χ3v) is 5.49. The molecule has 15 heavy (non-hydrogen) atoms. The number of ketones is 1. The smallest absolute Gasteiger partial charge is 0.315 e. The molecule has 80 valence electrons. The first-order valence-corrected chi connectivity index (χ1v) is 6.54. The van der Waals surface area contributed by atoms with E-state index in [-0.39, 0.29) is 9.77 Å². The quantitative estimate of drug-likeness (QED) is 0.725. The first-order chi connectivity index (χ1) is 6.93. The summed E-state index contributed by atoms with van der Waals surface area (Å²) < 4.78 is 23.2. The van der Waals surface area contributed by atoms with E-state index in [0.717, 1.165) is 11.3 Å². The molecule has 0 saturated heterocycles. The van der Waals surface area contributed by atoms with E-state index in [9.17, 15) is 18.0 Å². The zero-order chi connectivity index (χ0) is 11.2. The molecule has 2 heterocycles. The molecule has 0 aromatic carbocycles. The largest absolute Gasteiger partial charge is 0.481 e. The summed E-state index contributed by atoms with van der Waals surface area (Å²) in [5.74, 6) is -4.10. The number of carboxylic acid groups (broad SMARTS) is 1. The number of carboxylic acids is 1. The van der Waals surface area contributed by atoms with Gasteiger partial charge in [0.2, 0.25) is 0 Å². The lowest BCUT2D eigenvalue weighted by Gasteiger charge is -2.17. The zero-order valence-electron chi connectivity index (χ0n) is 7.34. The maximum Gasteiger partial charge on any atom is 0.315 e. The number of thiophene rings is 1. The maximum absolute atomic E-state index is 11.6. The fourth-order valence-corrected chi connectivity index (χ4v) is 4.43. The lowest BCUT2D eigenvalue weighted by atomic mass is 10.0. The highest BCUT2D eigenvalue weighted by Crippen LogP contribution is 2.32. The first kappa shape index (κ1) is 10.3. The van der Waals surface area contributed by atoms with Crippen LogP contribution in [0.2, 0.25) is 0 Å². The summed E-state index contributed by atoms with van der Waals surface area (Å²) in [6.45, 7) is 0. The Labute approximate surface area is 89.3 Å². The van der Waals surface area contributed by atoms with Gasteiger partial charge in [0.05, 0.1) is 5.75 Å². The highest BCUT2D eigenvalue weighted by molar-refractivity contribution is 7.93. The second kappa shape index (κ2) is 3.14. The van der Waals surface area contributed by atoms with Crippen LogP contribution in [0.25, 0.3) is 0 Å². The molecule has 1 aromatic rings. The van der Waals surface area contributed by atoms with Crippen LogP contribution in [-0.4, -0.2) is 31.0 Å². The number of carbonyl (C=O) groups is 2. The zero-order valence-corrected chi connectivity index (χ0v) is 8.97. The lowest BCUT2D eigenvalue weighted by Crippen LogP contribution is -2.35. The van der Waals surface area contributed by atoms with Gasteiger partial charge in [0.1, 0.15) is 10.1 Å².